The molecular formula is C16H17ClN2O2. The second-order valence-corrected chi connectivity index (χ2v) is 4.96. The van der Waals surface area contributed by atoms with Gasteiger partial charge in [0.1, 0.15) is 5.75 Å². The highest BCUT2D eigenvalue weighted by molar-refractivity contribution is 6.30. The Balaban J connectivity index is 1.87. The van der Waals surface area contributed by atoms with E-state index in [4.69, 9.17) is 16.3 Å². The van der Waals surface area contributed by atoms with Gasteiger partial charge in [0.2, 0.25) is 0 Å². The lowest BCUT2D eigenvalue weighted by Gasteiger charge is -2.09. The summed E-state index contributed by atoms with van der Waals surface area (Å²) in [5.41, 5.74) is 1.75. The number of anilines is 1. The summed E-state index contributed by atoms with van der Waals surface area (Å²) in [6, 6.07) is 14.6. The van der Waals surface area contributed by atoms with E-state index in [1.54, 1.807) is 24.3 Å². The minimum atomic E-state index is -0.226. The van der Waals surface area contributed by atoms with E-state index < -0.39 is 0 Å². The van der Waals surface area contributed by atoms with E-state index in [9.17, 15) is 4.79 Å². The fourth-order valence-corrected chi connectivity index (χ4v) is 2.05. The van der Waals surface area contributed by atoms with Crippen LogP contribution >= 0.6 is 11.6 Å². The SMILES string of the molecule is CNCc1cccc(OCC(=O)Nc2cccc(Cl)c2)c1. The molecule has 0 aliphatic heterocycles. The number of carbonyl (C=O) groups excluding carboxylic acids is 1. The summed E-state index contributed by atoms with van der Waals surface area (Å²) in [6.45, 7) is 0.710. The summed E-state index contributed by atoms with van der Waals surface area (Å²) in [5, 5.41) is 6.38. The van der Waals surface area contributed by atoms with E-state index in [0.29, 0.717) is 16.5 Å². The fourth-order valence-electron chi connectivity index (χ4n) is 1.86. The zero-order valence-electron chi connectivity index (χ0n) is 11.7. The molecule has 0 saturated heterocycles. The topological polar surface area (TPSA) is 50.4 Å². The molecule has 0 aliphatic rings. The van der Waals surface area contributed by atoms with Crippen molar-refractivity contribution in [2.45, 2.75) is 6.54 Å². The molecule has 0 aliphatic carbocycles. The Hall–Kier alpha value is -2.04. The number of benzene rings is 2. The molecule has 0 radical (unpaired) electrons. The lowest BCUT2D eigenvalue weighted by molar-refractivity contribution is -0.118. The van der Waals surface area contributed by atoms with Crippen LogP contribution in [0.5, 0.6) is 5.75 Å². The minimum Gasteiger partial charge on any atom is -0.484 e. The predicted octanol–water partition coefficient (Wildman–Crippen LogP) is 3.08. The molecule has 0 heterocycles. The number of carbonyl (C=O) groups is 1. The van der Waals surface area contributed by atoms with Gasteiger partial charge < -0.3 is 15.4 Å². The molecule has 0 fully saturated rings. The number of nitrogens with one attached hydrogen (secondary N) is 2. The lowest BCUT2D eigenvalue weighted by atomic mass is 10.2. The molecule has 0 unspecified atom stereocenters. The first-order chi connectivity index (χ1) is 10.2. The fraction of sp³-hybridized carbons (Fsp3) is 0.188. The van der Waals surface area contributed by atoms with Crippen LogP contribution in [0.1, 0.15) is 5.56 Å². The molecule has 0 bridgehead atoms. The zero-order valence-corrected chi connectivity index (χ0v) is 12.5. The summed E-state index contributed by atoms with van der Waals surface area (Å²) in [6.07, 6.45) is 0. The van der Waals surface area contributed by atoms with Crippen LogP contribution in [0.25, 0.3) is 0 Å². The van der Waals surface area contributed by atoms with Crippen LogP contribution in [0.3, 0.4) is 0 Å². The number of rotatable bonds is 6. The maximum absolute atomic E-state index is 11.8. The second-order valence-electron chi connectivity index (χ2n) is 4.52. The molecular weight excluding hydrogens is 288 g/mol. The first-order valence-electron chi connectivity index (χ1n) is 6.59. The van der Waals surface area contributed by atoms with E-state index in [2.05, 4.69) is 10.6 Å². The Kier molecular flexibility index (Phi) is 5.60. The molecule has 2 aromatic carbocycles. The van der Waals surface area contributed by atoms with Gasteiger partial charge in [-0.15, -0.1) is 0 Å². The van der Waals surface area contributed by atoms with Crippen molar-refractivity contribution in [3.05, 3.63) is 59.1 Å². The molecule has 2 N–H and O–H groups in total. The number of ether oxygens (including phenoxy) is 1. The Morgan fingerprint density at radius 2 is 2.00 bits per heavy atom. The minimum absolute atomic E-state index is 0.0461. The van der Waals surface area contributed by atoms with Gasteiger partial charge in [0.05, 0.1) is 0 Å². The highest BCUT2D eigenvalue weighted by Gasteiger charge is 2.04. The Morgan fingerprint density at radius 3 is 2.76 bits per heavy atom. The predicted molar refractivity (Wildman–Crippen MR) is 84.8 cm³/mol. The molecule has 2 aromatic rings. The maximum atomic E-state index is 11.8. The van der Waals surface area contributed by atoms with Crippen molar-refractivity contribution in [2.24, 2.45) is 0 Å². The van der Waals surface area contributed by atoms with Crippen molar-refractivity contribution < 1.29 is 9.53 Å². The van der Waals surface area contributed by atoms with Crippen molar-refractivity contribution in [1.82, 2.24) is 5.32 Å². The molecule has 1 amide bonds. The third-order valence-electron chi connectivity index (χ3n) is 2.76. The number of amides is 1. The Labute approximate surface area is 129 Å². The summed E-state index contributed by atoms with van der Waals surface area (Å²) in [4.78, 5) is 11.8. The zero-order chi connectivity index (χ0) is 15.1. The van der Waals surface area contributed by atoms with Gasteiger partial charge in [-0.05, 0) is 42.9 Å². The Bertz CT molecular complexity index is 617. The smallest absolute Gasteiger partial charge is 0.262 e. The average molecular weight is 305 g/mol. The van der Waals surface area contributed by atoms with Crippen LogP contribution in [0, 0.1) is 0 Å². The monoisotopic (exact) mass is 304 g/mol. The van der Waals surface area contributed by atoms with Gasteiger partial charge in [-0.25, -0.2) is 0 Å². The van der Waals surface area contributed by atoms with E-state index in [1.165, 1.54) is 0 Å². The lowest BCUT2D eigenvalue weighted by Crippen LogP contribution is -2.20. The average Bonchev–Trinajstić information content (AvgIpc) is 2.46. The van der Waals surface area contributed by atoms with Crippen LogP contribution < -0.4 is 15.4 Å². The van der Waals surface area contributed by atoms with Gasteiger partial charge >= 0.3 is 0 Å². The summed E-state index contributed by atoms with van der Waals surface area (Å²) < 4.78 is 5.48. The summed E-state index contributed by atoms with van der Waals surface area (Å²) in [5.74, 6) is 0.445. The van der Waals surface area contributed by atoms with Crippen molar-refractivity contribution in [3.63, 3.8) is 0 Å². The van der Waals surface area contributed by atoms with Crippen LogP contribution in [0.15, 0.2) is 48.5 Å². The summed E-state index contributed by atoms with van der Waals surface area (Å²) >= 11 is 5.86. The largest absolute Gasteiger partial charge is 0.484 e. The molecule has 21 heavy (non-hydrogen) atoms. The first kappa shape index (κ1) is 15.4. The molecule has 5 heteroatoms. The molecule has 0 saturated carbocycles. The quantitative estimate of drug-likeness (QED) is 0.862. The molecule has 4 nitrogen and oxygen atoms in total. The van der Waals surface area contributed by atoms with E-state index >= 15 is 0 Å². The van der Waals surface area contributed by atoms with Crippen molar-refractivity contribution in [2.75, 3.05) is 19.0 Å². The second kappa shape index (κ2) is 7.67. The van der Waals surface area contributed by atoms with Gasteiger partial charge in [0.15, 0.2) is 6.61 Å². The Morgan fingerprint density at radius 1 is 1.19 bits per heavy atom. The van der Waals surface area contributed by atoms with Crippen molar-refractivity contribution in [1.29, 1.82) is 0 Å². The van der Waals surface area contributed by atoms with Crippen LogP contribution in [-0.4, -0.2) is 19.6 Å². The molecule has 0 spiro atoms. The van der Waals surface area contributed by atoms with E-state index in [1.807, 2.05) is 31.3 Å². The van der Waals surface area contributed by atoms with Crippen LogP contribution in [0.2, 0.25) is 5.02 Å². The van der Waals surface area contributed by atoms with Gasteiger partial charge in [-0.1, -0.05) is 29.8 Å². The third kappa shape index (κ3) is 5.10. The van der Waals surface area contributed by atoms with Gasteiger partial charge in [0.25, 0.3) is 5.91 Å². The molecule has 0 atom stereocenters. The molecule has 110 valence electrons. The number of halogens is 1. The normalized spacial score (nSPS) is 10.2. The number of hydrogen-bond donors (Lipinski definition) is 2. The molecule has 0 aromatic heterocycles. The summed E-state index contributed by atoms with van der Waals surface area (Å²) in [7, 11) is 1.88. The van der Waals surface area contributed by atoms with Crippen molar-refractivity contribution in [3.8, 4) is 5.75 Å². The van der Waals surface area contributed by atoms with Crippen LogP contribution in [-0.2, 0) is 11.3 Å². The van der Waals surface area contributed by atoms with E-state index in [0.717, 1.165) is 12.1 Å². The van der Waals surface area contributed by atoms with Crippen LogP contribution in [0.4, 0.5) is 5.69 Å². The highest BCUT2D eigenvalue weighted by atomic mass is 35.5. The number of hydrogen-bond acceptors (Lipinski definition) is 3. The van der Waals surface area contributed by atoms with Crippen molar-refractivity contribution >= 4 is 23.2 Å². The maximum Gasteiger partial charge on any atom is 0.262 e. The van der Waals surface area contributed by atoms with Gasteiger partial charge in [-0.3, -0.25) is 4.79 Å². The third-order valence-corrected chi connectivity index (χ3v) is 2.99. The van der Waals surface area contributed by atoms with E-state index in [-0.39, 0.29) is 12.5 Å². The highest BCUT2D eigenvalue weighted by Crippen LogP contribution is 2.16. The van der Waals surface area contributed by atoms with Gasteiger partial charge in [-0.2, -0.15) is 0 Å². The van der Waals surface area contributed by atoms with Gasteiger partial charge in [0, 0.05) is 17.3 Å². The standard InChI is InChI=1S/C16H17ClN2O2/c1-18-10-12-4-2-7-15(8-12)21-11-16(20)19-14-6-3-5-13(17)9-14/h2-9,18H,10-11H2,1H3,(H,19,20). The molecule has 2 rings (SSSR count). The first-order valence-corrected chi connectivity index (χ1v) is 6.97.